The molecule has 166 valence electrons. The molecule has 7 nitrogen and oxygen atoms in total. The van der Waals surface area contributed by atoms with E-state index in [4.69, 9.17) is 4.74 Å². The number of benzene rings is 3. The van der Waals surface area contributed by atoms with E-state index in [1.165, 1.54) is 18.2 Å². The fourth-order valence-corrected chi connectivity index (χ4v) is 3.89. The Morgan fingerprint density at radius 3 is 2.15 bits per heavy atom. The number of nitrogens with zero attached hydrogens (tertiary/aromatic N) is 1. The Kier molecular flexibility index (Phi) is 5.35. The van der Waals surface area contributed by atoms with E-state index in [2.05, 4.69) is 5.32 Å². The minimum Gasteiger partial charge on any atom is -0.452 e. The minimum absolute atomic E-state index is 0.223. The molecule has 1 N–H and O–H groups in total. The first-order valence-corrected chi connectivity index (χ1v) is 10.5. The van der Waals surface area contributed by atoms with Crippen LogP contribution < -0.4 is 5.32 Å². The van der Waals surface area contributed by atoms with Crippen molar-refractivity contribution >= 4 is 29.1 Å². The number of nitrogens with one attached hydrogen (secondary N) is 1. The van der Waals surface area contributed by atoms with Crippen LogP contribution in [0.3, 0.4) is 0 Å². The first-order valence-electron chi connectivity index (χ1n) is 10.5. The van der Waals surface area contributed by atoms with E-state index in [1.54, 1.807) is 42.5 Å². The molecule has 0 spiro atoms. The van der Waals surface area contributed by atoms with Gasteiger partial charge in [-0.15, -0.1) is 0 Å². The number of hydrogen-bond acceptors (Lipinski definition) is 5. The number of hydrogen-bond donors (Lipinski definition) is 1. The van der Waals surface area contributed by atoms with Crippen molar-refractivity contribution in [3.63, 3.8) is 0 Å². The molecular weight excluding hydrogens is 432 g/mol. The SMILES string of the molecule is O=C(COC(=O)c1cccc(-n2cccc2)c1)Nc1ccc2c(c1)C(=O)c1ccccc1C2=O. The number of amides is 1. The number of carbonyl (C=O) groups is 4. The molecule has 34 heavy (non-hydrogen) atoms. The lowest BCUT2D eigenvalue weighted by molar-refractivity contribution is -0.119. The smallest absolute Gasteiger partial charge is 0.338 e. The summed E-state index contributed by atoms with van der Waals surface area (Å²) in [6.07, 6.45) is 3.71. The van der Waals surface area contributed by atoms with Gasteiger partial charge >= 0.3 is 5.97 Å². The summed E-state index contributed by atoms with van der Waals surface area (Å²) in [5.74, 6) is -1.72. The number of fused-ring (bicyclic) bond motifs is 2. The number of carbonyl (C=O) groups excluding carboxylic acids is 4. The number of rotatable bonds is 5. The van der Waals surface area contributed by atoms with Crippen molar-refractivity contribution in [2.45, 2.75) is 0 Å². The normalized spacial score (nSPS) is 12.0. The van der Waals surface area contributed by atoms with Gasteiger partial charge in [0.15, 0.2) is 18.2 Å². The standard InChI is InChI=1S/C27H18N2O5/c30-24(16-34-27(33)17-6-5-7-19(14-17)29-12-3-4-13-29)28-18-10-11-22-23(15-18)26(32)21-9-2-1-8-20(21)25(22)31/h1-15H,16H2,(H,28,30). The van der Waals surface area contributed by atoms with Gasteiger partial charge in [-0.2, -0.15) is 0 Å². The Balaban J connectivity index is 1.25. The van der Waals surface area contributed by atoms with Crippen LogP contribution in [0.2, 0.25) is 0 Å². The van der Waals surface area contributed by atoms with E-state index in [1.807, 2.05) is 35.2 Å². The molecule has 5 rings (SSSR count). The molecule has 1 heterocycles. The van der Waals surface area contributed by atoms with Crippen molar-refractivity contribution in [3.8, 4) is 5.69 Å². The Labute approximate surface area is 194 Å². The van der Waals surface area contributed by atoms with Gasteiger partial charge in [-0.3, -0.25) is 14.4 Å². The molecule has 0 radical (unpaired) electrons. The molecule has 0 bridgehead atoms. The van der Waals surface area contributed by atoms with Gasteiger partial charge in [-0.1, -0.05) is 30.3 Å². The summed E-state index contributed by atoms with van der Waals surface area (Å²) in [4.78, 5) is 50.3. The Bertz CT molecular complexity index is 1450. The molecule has 0 aliphatic heterocycles. The Morgan fingerprint density at radius 2 is 1.41 bits per heavy atom. The van der Waals surface area contributed by atoms with Crippen molar-refractivity contribution < 1.29 is 23.9 Å². The quantitative estimate of drug-likeness (QED) is 0.408. The zero-order chi connectivity index (χ0) is 23.7. The Hall–Kier alpha value is -4.78. The van der Waals surface area contributed by atoms with Crippen molar-refractivity contribution in [1.82, 2.24) is 4.57 Å². The van der Waals surface area contributed by atoms with Crippen LogP contribution >= 0.6 is 0 Å². The number of ketones is 2. The van der Waals surface area contributed by atoms with Gasteiger partial charge in [0, 0.05) is 46.0 Å². The maximum absolute atomic E-state index is 12.8. The highest BCUT2D eigenvalue weighted by atomic mass is 16.5. The van der Waals surface area contributed by atoms with Crippen molar-refractivity contribution in [2.75, 3.05) is 11.9 Å². The average Bonchev–Trinajstić information content (AvgIpc) is 3.41. The van der Waals surface area contributed by atoms with Gasteiger partial charge in [-0.05, 0) is 48.5 Å². The van der Waals surface area contributed by atoms with Gasteiger partial charge in [0.2, 0.25) is 0 Å². The summed E-state index contributed by atoms with van der Waals surface area (Å²) in [6.45, 7) is -0.501. The number of aromatic nitrogens is 1. The maximum atomic E-state index is 12.8. The second kappa shape index (κ2) is 8.63. The molecular formula is C27H18N2O5. The highest BCUT2D eigenvalue weighted by Crippen LogP contribution is 2.29. The third-order valence-electron chi connectivity index (χ3n) is 5.53. The van der Waals surface area contributed by atoms with E-state index in [0.717, 1.165) is 5.69 Å². The first kappa shape index (κ1) is 21.1. The molecule has 1 aliphatic carbocycles. The summed E-state index contributed by atoms with van der Waals surface area (Å²) in [5, 5.41) is 2.61. The van der Waals surface area contributed by atoms with Crippen LogP contribution in [0, 0.1) is 0 Å². The van der Waals surface area contributed by atoms with E-state index in [-0.39, 0.29) is 22.7 Å². The molecule has 0 unspecified atom stereocenters. The Morgan fingerprint density at radius 1 is 0.735 bits per heavy atom. The summed E-state index contributed by atoms with van der Waals surface area (Å²) in [7, 11) is 0. The van der Waals surface area contributed by atoms with Crippen LogP contribution in [-0.4, -0.2) is 34.6 Å². The zero-order valence-electron chi connectivity index (χ0n) is 17.9. The van der Waals surface area contributed by atoms with E-state index in [0.29, 0.717) is 22.4 Å². The molecule has 1 amide bonds. The van der Waals surface area contributed by atoms with Crippen LogP contribution in [0.25, 0.3) is 5.69 Å². The third-order valence-corrected chi connectivity index (χ3v) is 5.53. The molecule has 0 saturated heterocycles. The second-order valence-electron chi connectivity index (χ2n) is 7.73. The molecule has 0 fully saturated rings. The molecule has 7 heteroatoms. The minimum atomic E-state index is -0.632. The van der Waals surface area contributed by atoms with Crippen LogP contribution in [0.4, 0.5) is 5.69 Å². The van der Waals surface area contributed by atoms with Gasteiger partial charge in [-0.25, -0.2) is 4.79 Å². The van der Waals surface area contributed by atoms with Crippen LogP contribution in [0.15, 0.2) is 91.3 Å². The second-order valence-corrected chi connectivity index (χ2v) is 7.73. The fraction of sp³-hybridized carbons (Fsp3) is 0.0370. The van der Waals surface area contributed by atoms with Gasteiger partial charge in [0.05, 0.1) is 5.56 Å². The fourth-order valence-electron chi connectivity index (χ4n) is 3.89. The lowest BCUT2D eigenvalue weighted by Crippen LogP contribution is -2.23. The third kappa shape index (κ3) is 3.91. The number of anilines is 1. The van der Waals surface area contributed by atoms with Crippen molar-refractivity contribution in [1.29, 1.82) is 0 Å². The molecule has 1 aliphatic rings. The molecule has 0 atom stereocenters. The zero-order valence-corrected chi connectivity index (χ0v) is 17.9. The molecule has 0 saturated carbocycles. The largest absolute Gasteiger partial charge is 0.452 e. The summed E-state index contributed by atoms with van der Waals surface area (Å²) < 4.78 is 7.00. The topological polar surface area (TPSA) is 94.5 Å². The van der Waals surface area contributed by atoms with Crippen molar-refractivity contribution in [3.05, 3.63) is 119 Å². The van der Waals surface area contributed by atoms with Gasteiger partial charge < -0.3 is 14.6 Å². The van der Waals surface area contributed by atoms with Crippen LogP contribution in [0.5, 0.6) is 0 Å². The monoisotopic (exact) mass is 450 g/mol. The summed E-state index contributed by atoms with van der Waals surface area (Å²) >= 11 is 0. The van der Waals surface area contributed by atoms with Gasteiger partial charge in [0.25, 0.3) is 5.91 Å². The van der Waals surface area contributed by atoms with Crippen LogP contribution in [0.1, 0.15) is 42.2 Å². The molecule has 1 aromatic heterocycles. The predicted octanol–water partition coefficient (Wildman–Crippen LogP) is 4.05. The molecule has 4 aromatic rings. The van der Waals surface area contributed by atoms with Crippen LogP contribution in [-0.2, 0) is 9.53 Å². The first-order chi connectivity index (χ1) is 16.5. The maximum Gasteiger partial charge on any atom is 0.338 e. The highest BCUT2D eigenvalue weighted by molar-refractivity contribution is 6.28. The van der Waals surface area contributed by atoms with E-state index in [9.17, 15) is 19.2 Å². The summed E-state index contributed by atoms with van der Waals surface area (Å²) in [5.41, 5.74) is 2.64. The van der Waals surface area contributed by atoms with E-state index >= 15 is 0 Å². The molecule has 3 aromatic carbocycles. The predicted molar refractivity (Wildman–Crippen MR) is 124 cm³/mol. The van der Waals surface area contributed by atoms with Gasteiger partial charge in [0.1, 0.15) is 0 Å². The highest BCUT2D eigenvalue weighted by Gasteiger charge is 2.29. The summed E-state index contributed by atoms with van der Waals surface area (Å²) in [6, 6.07) is 21.8. The number of ether oxygens (including phenoxy) is 1. The van der Waals surface area contributed by atoms with E-state index < -0.39 is 18.5 Å². The number of esters is 1. The lowest BCUT2D eigenvalue weighted by atomic mass is 9.84. The lowest BCUT2D eigenvalue weighted by Gasteiger charge is -2.18. The average molecular weight is 450 g/mol. The van der Waals surface area contributed by atoms with Crippen molar-refractivity contribution in [2.24, 2.45) is 0 Å².